The Morgan fingerprint density at radius 1 is 0.875 bits per heavy atom. The first-order valence-corrected chi connectivity index (χ1v) is 12.6. The maximum atomic E-state index is 5.67. The highest BCUT2D eigenvalue weighted by Gasteiger charge is 2.09. The number of imidazole rings is 1. The lowest BCUT2D eigenvalue weighted by molar-refractivity contribution is 0.00565. The van der Waals surface area contributed by atoms with Gasteiger partial charge in [-0.15, -0.1) is 11.8 Å². The van der Waals surface area contributed by atoms with E-state index in [1.165, 1.54) is 10.5 Å². The van der Waals surface area contributed by atoms with E-state index >= 15 is 0 Å². The Morgan fingerprint density at radius 3 is 2.34 bits per heavy atom. The first kappa shape index (κ1) is 25.0. The molecule has 2 heterocycles. The summed E-state index contributed by atoms with van der Waals surface area (Å²) in [5.41, 5.74) is 4.36. The molecule has 1 aromatic carbocycles. The van der Waals surface area contributed by atoms with Gasteiger partial charge in [-0.05, 0) is 30.7 Å². The SMILES string of the molecule is COCCOCCOCCOCCSc1ccnc(CSc2nc3ccccc3[nH]2)c1C. The van der Waals surface area contributed by atoms with Crippen LogP contribution in [0.1, 0.15) is 11.3 Å². The van der Waals surface area contributed by atoms with Crippen molar-refractivity contribution >= 4 is 34.6 Å². The average molecular weight is 478 g/mol. The summed E-state index contributed by atoms with van der Waals surface area (Å²) in [6, 6.07) is 10.1. The number of nitrogens with one attached hydrogen (secondary N) is 1. The molecule has 0 saturated carbocycles. The number of rotatable bonds is 16. The zero-order chi connectivity index (χ0) is 22.4. The van der Waals surface area contributed by atoms with Crippen LogP contribution < -0.4 is 0 Å². The summed E-state index contributed by atoms with van der Waals surface area (Å²) in [5, 5.41) is 0.919. The number of ether oxygens (including phenoxy) is 4. The van der Waals surface area contributed by atoms with Crippen LogP contribution in [0.3, 0.4) is 0 Å². The second-order valence-corrected chi connectivity index (χ2v) is 9.01. The monoisotopic (exact) mass is 477 g/mol. The van der Waals surface area contributed by atoms with Crippen LogP contribution in [0, 0.1) is 6.92 Å². The van der Waals surface area contributed by atoms with Gasteiger partial charge >= 0.3 is 0 Å². The third kappa shape index (κ3) is 8.38. The van der Waals surface area contributed by atoms with Gasteiger partial charge < -0.3 is 23.9 Å². The molecular formula is C23H31N3O4S2. The van der Waals surface area contributed by atoms with Crippen molar-refractivity contribution in [1.29, 1.82) is 0 Å². The molecule has 9 heteroatoms. The second kappa shape index (κ2) is 14.5. The smallest absolute Gasteiger partial charge is 0.166 e. The molecule has 0 aliphatic rings. The molecule has 0 radical (unpaired) electrons. The fourth-order valence-electron chi connectivity index (χ4n) is 2.89. The Kier molecular flexibility index (Phi) is 11.3. The van der Waals surface area contributed by atoms with Crippen molar-refractivity contribution < 1.29 is 18.9 Å². The van der Waals surface area contributed by atoms with Gasteiger partial charge in [-0.1, -0.05) is 23.9 Å². The molecule has 174 valence electrons. The van der Waals surface area contributed by atoms with E-state index in [0.29, 0.717) is 46.2 Å². The van der Waals surface area contributed by atoms with Crippen LogP contribution in [0.4, 0.5) is 0 Å². The van der Waals surface area contributed by atoms with Crippen molar-refractivity contribution in [2.45, 2.75) is 22.7 Å². The highest BCUT2D eigenvalue weighted by molar-refractivity contribution is 7.99. The minimum absolute atomic E-state index is 0.576. The van der Waals surface area contributed by atoms with Gasteiger partial charge in [0.25, 0.3) is 0 Å². The normalized spacial score (nSPS) is 11.4. The largest absolute Gasteiger partial charge is 0.382 e. The molecule has 0 aliphatic carbocycles. The van der Waals surface area contributed by atoms with Gasteiger partial charge in [0.2, 0.25) is 0 Å². The van der Waals surface area contributed by atoms with Gasteiger partial charge in [-0.2, -0.15) is 0 Å². The van der Waals surface area contributed by atoms with Gasteiger partial charge in [-0.25, -0.2) is 4.98 Å². The molecule has 32 heavy (non-hydrogen) atoms. The number of aromatic amines is 1. The zero-order valence-corrected chi connectivity index (χ0v) is 20.3. The van der Waals surface area contributed by atoms with Gasteiger partial charge in [0.15, 0.2) is 5.16 Å². The van der Waals surface area contributed by atoms with Crippen LogP contribution in [0.15, 0.2) is 46.6 Å². The third-order valence-electron chi connectivity index (χ3n) is 4.63. The number of H-pyrrole nitrogens is 1. The molecule has 1 N–H and O–H groups in total. The summed E-state index contributed by atoms with van der Waals surface area (Å²) in [4.78, 5) is 13.8. The van der Waals surface area contributed by atoms with Crippen molar-refractivity contribution in [2.75, 3.05) is 59.1 Å². The molecule has 0 amide bonds. The molecule has 0 unspecified atom stereocenters. The Bertz CT molecular complexity index is 906. The Balaban J connectivity index is 1.31. The number of thioether (sulfide) groups is 2. The van der Waals surface area contributed by atoms with Crippen LogP contribution in [0.25, 0.3) is 11.0 Å². The summed E-state index contributed by atoms with van der Waals surface area (Å²) in [6.07, 6.45) is 1.88. The van der Waals surface area contributed by atoms with Crippen molar-refractivity contribution in [3.8, 4) is 0 Å². The second-order valence-electron chi connectivity index (χ2n) is 6.91. The maximum absolute atomic E-state index is 5.67. The van der Waals surface area contributed by atoms with Crippen molar-refractivity contribution in [1.82, 2.24) is 15.0 Å². The molecule has 7 nitrogen and oxygen atoms in total. The van der Waals surface area contributed by atoms with Gasteiger partial charge in [-0.3, -0.25) is 4.98 Å². The van der Waals surface area contributed by atoms with Crippen LogP contribution in [0.2, 0.25) is 0 Å². The van der Waals surface area contributed by atoms with E-state index in [4.69, 9.17) is 18.9 Å². The van der Waals surface area contributed by atoms with E-state index in [9.17, 15) is 0 Å². The fourth-order valence-corrected chi connectivity index (χ4v) is 4.71. The number of aromatic nitrogens is 3. The van der Waals surface area contributed by atoms with Gasteiger partial charge in [0.1, 0.15) is 0 Å². The van der Waals surface area contributed by atoms with E-state index in [-0.39, 0.29) is 0 Å². The number of nitrogens with zero attached hydrogens (tertiary/aromatic N) is 2. The van der Waals surface area contributed by atoms with Crippen LogP contribution >= 0.6 is 23.5 Å². The highest BCUT2D eigenvalue weighted by Crippen LogP contribution is 2.28. The number of fused-ring (bicyclic) bond motifs is 1. The van der Waals surface area contributed by atoms with Crippen molar-refractivity contribution in [3.05, 3.63) is 47.8 Å². The lowest BCUT2D eigenvalue weighted by Gasteiger charge is -2.10. The van der Waals surface area contributed by atoms with E-state index in [2.05, 4.69) is 27.9 Å². The maximum Gasteiger partial charge on any atom is 0.166 e. The molecule has 0 saturated heterocycles. The molecular weight excluding hydrogens is 446 g/mol. The first-order valence-electron chi connectivity index (χ1n) is 10.6. The molecule has 3 aromatic rings. The number of methoxy groups -OCH3 is 1. The molecule has 0 bridgehead atoms. The van der Waals surface area contributed by atoms with Crippen molar-refractivity contribution in [3.63, 3.8) is 0 Å². The minimum Gasteiger partial charge on any atom is -0.382 e. The lowest BCUT2D eigenvalue weighted by atomic mass is 10.2. The quantitative estimate of drug-likeness (QED) is 0.241. The summed E-state index contributed by atoms with van der Waals surface area (Å²) in [5.74, 6) is 1.67. The van der Waals surface area contributed by atoms with Crippen molar-refractivity contribution in [2.24, 2.45) is 0 Å². The molecule has 0 aliphatic heterocycles. The predicted molar refractivity (Wildman–Crippen MR) is 130 cm³/mol. The Labute approximate surface area is 198 Å². The molecule has 2 aromatic heterocycles. The Hall–Kier alpha value is -1.62. The Morgan fingerprint density at radius 2 is 1.59 bits per heavy atom. The third-order valence-corrected chi connectivity index (χ3v) is 6.64. The minimum atomic E-state index is 0.576. The predicted octanol–water partition coefficient (Wildman–Crippen LogP) is 4.35. The van der Waals surface area contributed by atoms with Crippen LogP contribution in [-0.2, 0) is 24.7 Å². The van der Waals surface area contributed by atoms with E-state index in [1.54, 1.807) is 30.6 Å². The first-order chi connectivity index (χ1) is 15.8. The number of benzene rings is 1. The van der Waals surface area contributed by atoms with E-state index < -0.39 is 0 Å². The fraction of sp³-hybridized carbons (Fsp3) is 0.478. The molecule has 0 spiro atoms. The van der Waals surface area contributed by atoms with E-state index in [1.807, 2.05) is 30.5 Å². The van der Waals surface area contributed by atoms with E-state index in [0.717, 1.165) is 33.4 Å². The highest BCUT2D eigenvalue weighted by atomic mass is 32.2. The summed E-state index contributed by atoms with van der Waals surface area (Å²) in [6.45, 7) is 6.35. The number of hydrogen-bond donors (Lipinski definition) is 1. The summed E-state index contributed by atoms with van der Waals surface area (Å²) in [7, 11) is 1.66. The summed E-state index contributed by atoms with van der Waals surface area (Å²) < 4.78 is 21.4. The van der Waals surface area contributed by atoms with Crippen LogP contribution in [0.5, 0.6) is 0 Å². The number of para-hydroxylation sites is 2. The number of pyridine rings is 1. The van der Waals surface area contributed by atoms with Gasteiger partial charge in [0.05, 0.1) is 63.0 Å². The molecule has 0 fully saturated rings. The van der Waals surface area contributed by atoms with Gasteiger partial charge in [0, 0.05) is 29.7 Å². The summed E-state index contributed by atoms with van der Waals surface area (Å²) >= 11 is 3.47. The standard InChI is InChI=1S/C23H31N3O4S2/c1-18-21(17-32-23-25-19-5-3-4-6-20(19)26-23)24-8-7-22(18)31-16-15-30-14-13-29-12-11-28-10-9-27-2/h3-8H,9-17H2,1-2H3,(H,25,26). The number of hydrogen-bond acceptors (Lipinski definition) is 8. The molecule has 0 atom stereocenters. The topological polar surface area (TPSA) is 78.5 Å². The lowest BCUT2D eigenvalue weighted by Crippen LogP contribution is -2.12. The molecule has 3 rings (SSSR count). The zero-order valence-electron chi connectivity index (χ0n) is 18.7. The van der Waals surface area contributed by atoms with Crippen LogP contribution in [-0.4, -0.2) is 74.1 Å². The average Bonchev–Trinajstić information content (AvgIpc) is 3.23.